The molecule has 86 valence electrons. The molecule has 0 saturated carbocycles. The van der Waals surface area contributed by atoms with E-state index in [9.17, 15) is 0 Å². The molecule has 1 rings (SSSR count). The van der Waals surface area contributed by atoms with Gasteiger partial charge in [0.25, 0.3) is 0 Å². The number of nitrogens with zero attached hydrogens (tertiary/aromatic N) is 2. The van der Waals surface area contributed by atoms with E-state index in [-0.39, 0.29) is 5.11 Å². The lowest BCUT2D eigenvalue weighted by Crippen LogP contribution is -2.28. The highest BCUT2D eigenvalue weighted by Gasteiger charge is 1.93. The molecule has 0 aliphatic carbocycles. The van der Waals surface area contributed by atoms with E-state index in [1.54, 1.807) is 11.7 Å². The van der Waals surface area contributed by atoms with Gasteiger partial charge < -0.3 is 4.90 Å². The highest BCUT2D eigenvalue weighted by Crippen LogP contribution is 2.10. The molecule has 0 aliphatic heterocycles. The van der Waals surface area contributed by atoms with E-state index in [0.29, 0.717) is 0 Å². The van der Waals surface area contributed by atoms with Crippen molar-refractivity contribution in [3.05, 3.63) is 29.8 Å². The molecule has 0 radical (unpaired) electrons. The first-order valence-electron chi connectivity index (χ1n) is 4.64. The maximum Gasteiger partial charge on any atom is 0.211 e. The minimum atomic E-state index is 0.0566. The molecule has 0 fully saturated rings. The molecule has 0 aromatic heterocycles. The number of nitrogens with one attached hydrogen (secondary N) is 2. The van der Waals surface area contributed by atoms with Crippen LogP contribution in [0.2, 0.25) is 0 Å². The first-order valence-corrected chi connectivity index (χ1v) is 5.05. The summed E-state index contributed by atoms with van der Waals surface area (Å²) in [5, 5.41) is 12.3. The summed E-state index contributed by atoms with van der Waals surface area (Å²) in [7, 11) is 3.96. The molecule has 16 heavy (non-hydrogen) atoms. The van der Waals surface area contributed by atoms with Crippen molar-refractivity contribution in [3.8, 4) is 0 Å². The molecule has 0 spiro atoms. The SMILES string of the molecule is CN(C)c1ccc(/C=N/NC(=S)NO)cc1. The smallest absolute Gasteiger partial charge is 0.211 e. The first kappa shape index (κ1) is 12.4. The quantitative estimate of drug-likeness (QED) is 0.415. The Labute approximate surface area is 99.7 Å². The number of hydrogen-bond donors (Lipinski definition) is 3. The zero-order valence-corrected chi connectivity index (χ0v) is 9.95. The number of thiocarbonyl (C=S) groups is 1. The highest BCUT2D eigenvalue weighted by molar-refractivity contribution is 7.80. The largest absolute Gasteiger partial charge is 0.378 e. The van der Waals surface area contributed by atoms with Crippen LogP contribution in [0.1, 0.15) is 5.56 Å². The summed E-state index contributed by atoms with van der Waals surface area (Å²) in [5.41, 5.74) is 6.29. The zero-order valence-electron chi connectivity index (χ0n) is 9.14. The Morgan fingerprint density at radius 1 is 1.38 bits per heavy atom. The van der Waals surface area contributed by atoms with Gasteiger partial charge in [-0.2, -0.15) is 5.10 Å². The average Bonchev–Trinajstić information content (AvgIpc) is 2.29. The number of benzene rings is 1. The minimum absolute atomic E-state index is 0.0566. The molecule has 3 N–H and O–H groups in total. The van der Waals surface area contributed by atoms with Crippen molar-refractivity contribution in [2.75, 3.05) is 19.0 Å². The Bertz CT molecular complexity index is 375. The van der Waals surface area contributed by atoms with Crippen LogP contribution in [0, 0.1) is 0 Å². The van der Waals surface area contributed by atoms with Crippen molar-refractivity contribution < 1.29 is 5.21 Å². The van der Waals surface area contributed by atoms with Crippen molar-refractivity contribution in [1.82, 2.24) is 10.9 Å². The molecule has 0 unspecified atom stereocenters. The number of hydroxylamine groups is 1. The molecule has 5 nitrogen and oxygen atoms in total. The molecule has 0 heterocycles. The summed E-state index contributed by atoms with van der Waals surface area (Å²) in [4.78, 5) is 2.02. The maximum absolute atomic E-state index is 8.40. The van der Waals surface area contributed by atoms with Gasteiger partial charge in [0.05, 0.1) is 6.21 Å². The first-order chi connectivity index (χ1) is 7.63. The third-order valence-electron chi connectivity index (χ3n) is 1.89. The lowest BCUT2D eigenvalue weighted by atomic mass is 10.2. The maximum atomic E-state index is 8.40. The van der Waals surface area contributed by atoms with E-state index in [1.165, 1.54) is 0 Å². The second-order valence-electron chi connectivity index (χ2n) is 3.30. The molecule has 0 atom stereocenters. The van der Waals surface area contributed by atoms with E-state index >= 15 is 0 Å². The normalized spacial score (nSPS) is 10.2. The van der Waals surface area contributed by atoms with Crippen LogP contribution in [-0.4, -0.2) is 30.6 Å². The summed E-state index contributed by atoms with van der Waals surface area (Å²) in [6.07, 6.45) is 1.61. The molecular weight excluding hydrogens is 224 g/mol. The van der Waals surface area contributed by atoms with Gasteiger partial charge in [-0.3, -0.25) is 10.6 Å². The summed E-state index contributed by atoms with van der Waals surface area (Å²) in [5.74, 6) is 0. The van der Waals surface area contributed by atoms with Crippen molar-refractivity contribution in [1.29, 1.82) is 0 Å². The van der Waals surface area contributed by atoms with Crippen LogP contribution < -0.4 is 15.8 Å². The van der Waals surface area contributed by atoms with Crippen molar-refractivity contribution in [3.63, 3.8) is 0 Å². The molecule has 0 amide bonds. The Hall–Kier alpha value is -1.66. The van der Waals surface area contributed by atoms with Crippen LogP contribution in [-0.2, 0) is 0 Å². The third kappa shape index (κ3) is 3.84. The molecule has 0 saturated heterocycles. The highest BCUT2D eigenvalue weighted by atomic mass is 32.1. The van der Waals surface area contributed by atoms with Gasteiger partial charge in [0.15, 0.2) is 0 Å². The van der Waals surface area contributed by atoms with Crippen LogP contribution in [0.4, 0.5) is 5.69 Å². The van der Waals surface area contributed by atoms with Gasteiger partial charge in [-0.15, -0.1) is 0 Å². The van der Waals surface area contributed by atoms with E-state index in [0.717, 1.165) is 11.3 Å². The Kier molecular flexibility index (Phi) is 4.68. The fourth-order valence-electron chi connectivity index (χ4n) is 1.05. The van der Waals surface area contributed by atoms with Gasteiger partial charge in [0.2, 0.25) is 5.11 Å². The monoisotopic (exact) mass is 238 g/mol. The summed E-state index contributed by atoms with van der Waals surface area (Å²) >= 11 is 4.63. The Balaban J connectivity index is 2.58. The van der Waals surface area contributed by atoms with Gasteiger partial charge in [-0.05, 0) is 29.9 Å². The van der Waals surface area contributed by atoms with Crippen LogP contribution in [0.3, 0.4) is 0 Å². The minimum Gasteiger partial charge on any atom is -0.378 e. The third-order valence-corrected chi connectivity index (χ3v) is 2.07. The van der Waals surface area contributed by atoms with Crippen molar-refractivity contribution in [2.45, 2.75) is 0 Å². The van der Waals surface area contributed by atoms with Crippen LogP contribution in [0.5, 0.6) is 0 Å². The predicted octanol–water partition coefficient (Wildman–Crippen LogP) is 0.940. The van der Waals surface area contributed by atoms with Crippen molar-refractivity contribution in [2.24, 2.45) is 5.10 Å². The average molecular weight is 238 g/mol. The molecule has 1 aromatic rings. The van der Waals surface area contributed by atoms with Crippen molar-refractivity contribution >= 4 is 29.2 Å². The van der Waals surface area contributed by atoms with Crippen LogP contribution >= 0.6 is 12.2 Å². The van der Waals surface area contributed by atoms with Gasteiger partial charge in [-0.1, -0.05) is 12.1 Å². The summed E-state index contributed by atoms with van der Waals surface area (Å²) in [6, 6.07) is 7.86. The fourth-order valence-corrected chi connectivity index (χ4v) is 1.10. The van der Waals surface area contributed by atoms with Crippen LogP contribution in [0.15, 0.2) is 29.4 Å². The zero-order chi connectivity index (χ0) is 12.0. The predicted molar refractivity (Wildman–Crippen MR) is 69.0 cm³/mol. The van der Waals surface area contributed by atoms with E-state index in [1.807, 2.05) is 43.3 Å². The standard InChI is InChI=1S/C10H14N4OS/c1-14(2)9-5-3-8(4-6-9)7-11-12-10(16)13-15/h3-7,15H,1-2H3,(H2,12,13,16)/b11-7+. The molecule has 1 aromatic carbocycles. The van der Waals surface area contributed by atoms with Gasteiger partial charge in [0, 0.05) is 19.8 Å². The lowest BCUT2D eigenvalue weighted by Gasteiger charge is -2.11. The molecule has 0 bridgehead atoms. The Morgan fingerprint density at radius 2 is 2.00 bits per heavy atom. The number of anilines is 1. The molecule has 6 heteroatoms. The van der Waals surface area contributed by atoms with Gasteiger partial charge in [0.1, 0.15) is 0 Å². The number of hydrazone groups is 1. The summed E-state index contributed by atoms with van der Waals surface area (Å²) in [6.45, 7) is 0. The second kappa shape index (κ2) is 6.04. The lowest BCUT2D eigenvalue weighted by molar-refractivity contribution is 0.233. The van der Waals surface area contributed by atoms with Gasteiger partial charge in [-0.25, -0.2) is 5.48 Å². The van der Waals surface area contributed by atoms with E-state index in [2.05, 4.69) is 22.7 Å². The van der Waals surface area contributed by atoms with E-state index < -0.39 is 0 Å². The van der Waals surface area contributed by atoms with E-state index in [4.69, 9.17) is 5.21 Å². The topological polar surface area (TPSA) is 59.9 Å². The second-order valence-corrected chi connectivity index (χ2v) is 3.71. The molecular formula is C10H14N4OS. The summed E-state index contributed by atoms with van der Waals surface area (Å²) < 4.78 is 0. The fraction of sp³-hybridized carbons (Fsp3) is 0.200. The number of hydrogen-bond acceptors (Lipinski definition) is 4. The molecule has 0 aliphatic rings. The Morgan fingerprint density at radius 3 is 2.50 bits per heavy atom. The van der Waals surface area contributed by atoms with Gasteiger partial charge >= 0.3 is 0 Å². The van der Waals surface area contributed by atoms with Crippen LogP contribution in [0.25, 0.3) is 0 Å². The number of rotatable bonds is 3.